The largest absolute Gasteiger partial charge is 2.00 e. The van der Waals surface area contributed by atoms with Crippen molar-refractivity contribution in [3.8, 4) is 0 Å². The molecule has 1 fully saturated rings. The van der Waals surface area contributed by atoms with Crippen molar-refractivity contribution in [3.05, 3.63) is 90.1 Å². The summed E-state index contributed by atoms with van der Waals surface area (Å²) in [6, 6.07) is 0. The average molecular weight is 644 g/mol. The summed E-state index contributed by atoms with van der Waals surface area (Å²) in [5.41, 5.74) is 9.73. The van der Waals surface area contributed by atoms with E-state index in [0.717, 1.165) is 56.5 Å². The Morgan fingerprint density at radius 3 is 2.36 bits per heavy atom. The van der Waals surface area contributed by atoms with Gasteiger partial charge in [0.2, 0.25) is 0 Å². The monoisotopic (exact) mass is 643 g/mol. The van der Waals surface area contributed by atoms with Crippen LogP contribution in [0.1, 0.15) is 94.6 Å². The van der Waals surface area contributed by atoms with Crippen LogP contribution in [0.2, 0.25) is 0 Å². The second kappa shape index (κ2) is 13.2. The number of carbonyl (C=O) groups excluding carboxylic acids is 3. The Kier molecular flexibility index (Phi) is 9.66. The number of rotatable bonds is 7. The second-order valence-electron chi connectivity index (χ2n) is 12.2. The Hall–Kier alpha value is -4.02. The Bertz CT molecular complexity index is 2000. The number of H-pyrrole nitrogens is 1. The van der Waals surface area contributed by atoms with Crippen molar-refractivity contribution in [2.75, 3.05) is 13.7 Å². The first kappa shape index (κ1) is 34.3. The number of hydrogen-bond acceptors (Lipinski definition) is 5. The summed E-state index contributed by atoms with van der Waals surface area (Å²) in [5.74, 6) is -2.93. The fraction of sp³-hybridized carbons (Fsp3) is 0.378. The molecule has 2 aliphatic heterocycles. The maximum atomic E-state index is 14.1. The molecule has 3 atom stereocenters. The molecule has 0 spiro atoms. The number of Topliss-reactive ketones (excluding diaryl/α,β-unsaturated/α-hetero) is 1. The standard InChI is InChI=1S/C37H40N4O5.Mg/c1-9-21-17(4)24-14-26-19(6)23(12-13-30(42)46-11-3)34(40-26)32-33(37(44)45-8)36(43)31-20(7)27(41-35(31)32)16-29-22(10-2)18(5)25(39-29)15-28(21)38-24;/h9,14-16,19,23,33,39H,1,10-13H2,2-8H3,(H-,40,41,43);/q-2;+2/p-1/b25-15-,26-14-,29-16-;/t19-,23-,33+;/m0./s1. The average Bonchev–Trinajstić information content (AvgIpc) is 3.77. The fourth-order valence-corrected chi connectivity index (χ4v) is 7.24. The summed E-state index contributed by atoms with van der Waals surface area (Å²) in [5, 5.41) is 6.98. The SMILES string of the molecule is C=Cc1c2[n-]c(c1C)/C=C1\[N-]/C(=C3\c4[n-]c(c(C)c4C(=O)[C@@H]3C(=O)OC)/C=c3\[nH]/c(c(C)c3CC)=C\2)[C@@H](CCC(=O)OCC)[C@@H]1C.[Mg+2]. The van der Waals surface area contributed by atoms with Gasteiger partial charge in [-0.2, -0.15) is 11.4 Å². The van der Waals surface area contributed by atoms with Crippen LogP contribution in [0.25, 0.3) is 35.2 Å². The number of methoxy groups -OCH3 is 1. The zero-order valence-corrected chi connectivity index (χ0v) is 29.6. The topological polar surface area (TPSA) is 128 Å². The van der Waals surface area contributed by atoms with E-state index in [2.05, 4.69) is 38.4 Å². The van der Waals surface area contributed by atoms with Crippen molar-refractivity contribution in [2.24, 2.45) is 17.8 Å². The van der Waals surface area contributed by atoms with E-state index in [1.807, 2.05) is 32.1 Å². The van der Waals surface area contributed by atoms with Gasteiger partial charge in [0.15, 0.2) is 5.78 Å². The molecular weight excluding hydrogens is 605 g/mol. The molecule has 0 radical (unpaired) electrons. The van der Waals surface area contributed by atoms with E-state index >= 15 is 0 Å². The van der Waals surface area contributed by atoms with Gasteiger partial charge in [-0.1, -0.05) is 61.4 Å². The van der Waals surface area contributed by atoms with Gasteiger partial charge in [-0.15, -0.1) is 22.8 Å². The number of ketones is 1. The van der Waals surface area contributed by atoms with Gasteiger partial charge in [-0.05, 0) is 69.1 Å². The molecule has 1 saturated heterocycles. The molecular formula is C37H39MgN4O5-. The number of carbonyl (C=O) groups is 3. The van der Waals surface area contributed by atoms with Crippen LogP contribution in [0.4, 0.5) is 0 Å². The molecule has 240 valence electrons. The van der Waals surface area contributed by atoms with E-state index in [9.17, 15) is 14.4 Å². The maximum Gasteiger partial charge on any atom is 2.00 e. The first-order chi connectivity index (χ1) is 22.0. The van der Waals surface area contributed by atoms with Crippen LogP contribution in [0, 0.1) is 38.5 Å². The molecule has 0 unspecified atom stereocenters. The molecule has 0 aromatic carbocycles. The van der Waals surface area contributed by atoms with Crippen molar-refractivity contribution >= 4 is 70.7 Å². The van der Waals surface area contributed by atoms with Crippen molar-refractivity contribution in [1.29, 1.82) is 0 Å². The van der Waals surface area contributed by atoms with Crippen molar-refractivity contribution in [3.63, 3.8) is 0 Å². The van der Waals surface area contributed by atoms with Gasteiger partial charge in [-0.3, -0.25) is 14.4 Å². The minimum absolute atomic E-state index is 0. The zero-order valence-electron chi connectivity index (χ0n) is 28.2. The normalized spacial score (nSPS) is 23.4. The molecule has 0 saturated carbocycles. The van der Waals surface area contributed by atoms with Crippen LogP contribution >= 0.6 is 0 Å². The molecule has 8 bridgehead atoms. The second-order valence-corrected chi connectivity index (χ2v) is 12.2. The van der Waals surface area contributed by atoms with E-state index in [-0.39, 0.29) is 59.7 Å². The number of allylic oxidation sites excluding steroid dienone is 2. The molecule has 0 amide bonds. The number of aromatic nitrogens is 3. The third-order valence-corrected chi connectivity index (χ3v) is 9.79. The molecule has 3 aromatic heterocycles. The van der Waals surface area contributed by atoms with Gasteiger partial charge >= 0.3 is 35.0 Å². The summed E-state index contributed by atoms with van der Waals surface area (Å²) in [7, 11) is 1.28. The van der Waals surface area contributed by atoms with Crippen molar-refractivity contribution in [2.45, 2.75) is 60.8 Å². The number of hydrogen-bond donors (Lipinski definition) is 1. The number of nitrogens with one attached hydrogen (secondary N) is 1. The molecule has 6 rings (SSSR count). The van der Waals surface area contributed by atoms with E-state index < -0.39 is 11.9 Å². The van der Waals surface area contributed by atoms with E-state index in [4.69, 9.17) is 24.8 Å². The number of ether oxygens (including phenoxy) is 2. The van der Waals surface area contributed by atoms with Crippen molar-refractivity contribution < 1.29 is 23.9 Å². The smallest absolute Gasteiger partial charge is 0.664 e. The summed E-state index contributed by atoms with van der Waals surface area (Å²) in [6.45, 7) is 16.3. The van der Waals surface area contributed by atoms with Crippen LogP contribution in [-0.4, -0.2) is 59.5 Å². The molecule has 1 N–H and O–H groups in total. The molecule has 5 heterocycles. The molecule has 3 aliphatic rings. The number of esters is 2. The van der Waals surface area contributed by atoms with Gasteiger partial charge in [0, 0.05) is 22.7 Å². The Morgan fingerprint density at radius 2 is 1.70 bits per heavy atom. The van der Waals surface area contributed by atoms with E-state index in [0.29, 0.717) is 40.2 Å². The Labute approximate surface area is 290 Å². The summed E-state index contributed by atoms with van der Waals surface area (Å²) >= 11 is 0. The maximum absolute atomic E-state index is 14.1. The summed E-state index contributed by atoms with van der Waals surface area (Å²) in [6.07, 6.45) is 9.21. The van der Waals surface area contributed by atoms with Crippen LogP contribution < -0.4 is 20.7 Å². The van der Waals surface area contributed by atoms with Crippen molar-refractivity contribution in [1.82, 2.24) is 15.0 Å². The third-order valence-electron chi connectivity index (χ3n) is 9.79. The summed E-state index contributed by atoms with van der Waals surface area (Å²) < 4.78 is 10.4. The third kappa shape index (κ3) is 5.55. The summed E-state index contributed by atoms with van der Waals surface area (Å²) in [4.78, 5) is 53.5. The predicted octanol–water partition coefficient (Wildman–Crippen LogP) is 4.37. The Balaban J connectivity index is 0.00000433. The zero-order chi connectivity index (χ0) is 33.0. The first-order valence-electron chi connectivity index (χ1n) is 15.9. The van der Waals surface area contributed by atoms with Gasteiger partial charge in [0.05, 0.1) is 13.7 Å². The van der Waals surface area contributed by atoms with E-state index in [1.54, 1.807) is 6.92 Å². The predicted molar refractivity (Wildman–Crippen MR) is 183 cm³/mol. The van der Waals surface area contributed by atoms with Crippen LogP contribution in [0.15, 0.2) is 18.0 Å². The molecule has 10 heteroatoms. The number of aromatic amines is 1. The quantitative estimate of drug-likeness (QED) is 0.230. The minimum Gasteiger partial charge on any atom is -0.664 e. The van der Waals surface area contributed by atoms with Gasteiger partial charge < -0.3 is 29.7 Å². The van der Waals surface area contributed by atoms with Crippen LogP contribution in [0.3, 0.4) is 0 Å². The molecule has 1 aliphatic carbocycles. The number of fused-ring (bicyclic) bond motifs is 7. The molecule has 3 aromatic rings. The minimum atomic E-state index is -1.19. The molecule has 9 nitrogen and oxygen atoms in total. The van der Waals surface area contributed by atoms with Gasteiger partial charge in [0.1, 0.15) is 5.92 Å². The molecule has 47 heavy (non-hydrogen) atoms. The van der Waals surface area contributed by atoms with Gasteiger partial charge in [0.25, 0.3) is 0 Å². The fourth-order valence-electron chi connectivity index (χ4n) is 7.24. The van der Waals surface area contributed by atoms with Gasteiger partial charge in [-0.25, -0.2) is 0 Å². The van der Waals surface area contributed by atoms with Crippen LogP contribution in [-0.2, 0) is 25.5 Å². The van der Waals surface area contributed by atoms with E-state index in [1.165, 1.54) is 7.11 Å². The Morgan fingerprint density at radius 1 is 1.00 bits per heavy atom. The van der Waals surface area contributed by atoms with Crippen LogP contribution in [0.5, 0.6) is 0 Å². The first-order valence-corrected chi connectivity index (χ1v) is 15.9. The number of nitrogens with zero attached hydrogens (tertiary/aromatic N) is 3.